The molecule has 0 amide bonds. The smallest absolute Gasteiger partial charge is 0.460 e. The third-order valence-corrected chi connectivity index (χ3v) is 5.16. The Kier molecular flexibility index (Phi) is 8.75. The van der Waals surface area contributed by atoms with E-state index in [9.17, 15) is 9.90 Å². The standard InChI is InChI=1S/C18H35BO5/c1-17(2)18(3,4)24-19(23-17)14-15(20)12-10-8-6-7-9-11-13-16(21)22-5/h15,20H,6-14H2,1-5H3. The minimum absolute atomic E-state index is 0.124. The van der Waals surface area contributed by atoms with Crippen LogP contribution in [0, 0.1) is 0 Å². The van der Waals surface area contributed by atoms with Crippen molar-refractivity contribution in [1.82, 2.24) is 0 Å². The molecule has 0 aromatic heterocycles. The van der Waals surface area contributed by atoms with Crippen molar-refractivity contribution in [3.63, 3.8) is 0 Å². The fourth-order valence-corrected chi connectivity index (χ4v) is 2.86. The van der Waals surface area contributed by atoms with E-state index in [1.54, 1.807) is 0 Å². The third kappa shape index (κ3) is 7.12. The van der Waals surface area contributed by atoms with Crippen LogP contribution in [0.25, 0.3) is 0 Å². The number of unbranched alkanes of at least 4 members (excludes halogenated alkanes) is 5. The largest absolute Gasteiger partial charge is 0.469 e. The molecule has 0 saturated carbocycles. The number of carbonyl (C=O) groups excluding carboxylic acids is 1. The Hall–Kier alpha value is -0.585. The maximum absolute atomic E-state index is 11.0. The molecule has 1 N–H and O–H groups in total. The van der Waals surface area contributed by atoms with E-state index in [4.69, 9.17) is 9.31 Å². The van der Waals surface area contributed by atoms with Crippen LogP contribution in [0.4, 0.5) is 0 Å². The predicted molar refractivity (Wildman–Crippen MR) is 95.8 cm³/mol. The van der Waals surface area contributed by atoms with Crippen LogP contribution in [0.2, 0.25) is 6.32 Å². The zero-order valence-corrected chi connectivity index (χ0v) is 16.1. The van der Waals surface area contributed by atoms with Gasteiger partial charge in [-0.3, -0.25) is 4.79 Å². The van der Waals surface area contributed by atoms with Gasteiger partial charge in [-0.1, -0.05) is 32.1 Å². The molecule has 0 bridgehead atoms. The van der Waals surface area contributed by atoms with E-state index < -0.39 is 0 Å². The summed E-state index contributed by atoms with van der Waals surface area (Å²) in [6.07, 6.45) is 7.81. The molecule has 0 aliphatic carbocycles. The summed E-state index contributed by atoms with van der Waals surface area (Å²) >= 11 is 0. The Morgan fingerprint density at radius 3 is 2.04 bits per heavy atom. The molecular weight excluding hydrogens is 307 g/mol. The fourth-order valence-electron chi connectivity index (χ4n) is 2.86. The first-order chi connectivity index (χ1) is 11.2. The average Bonchev–Trinajstić information content (AvgIpc) is 2.68. The van der Waals surface area contributed by atoms with Crippen LogP contribution in [-0.4, -0.2) is 42.6 Å². The third-order valence-electron chi connectivity index (χ3n) is 5.16. The van der Waals surface area contributed by atoms with Crippen molar-refractivity contribution >= 4 is 13.1 Å². The molecule has 0 radical (unpaired) electrons. The van der Waals surface area contributed by atoms with Gasteiger partial charge in [-0.05, 0) is 40.5 Å². The lowest BCUT2D eigenvalue weighted by atomic mass is 9.80. The molecule has 6 heteroatoms. The van der Waals surface area contributed by atoms with Crippen molar-refractivity contribution in [3.05, 3.63) is 0 Å². The van der Waals surface area contributed by atoms with E-state index in [-0.39, 0.29) is 30.4 Å². The normalized spacial score (nSPS) is 20.2. The number of hydrogen-bond acceptors (Lipinski definition) is 5. The Bertz CT molecular complexity index is 368. The number of hydrogen-bond donors (Lipinski definition) is 1. The second-order valence-electron chi connectivity index (χ2n) is 7.81. The molecule has 1 aliphatic rings. The summed E-state index contributed by atoms with van der Waals surface area (Å²) < 4.78 is 16.4. The lowest BCUT2D eigenvalue weighted by molar-refractivity contribution is -0.140. The van der Waals surface area contributed by atoms with Crippen LogP contribution in [0.5, 0.6) is 0 Å². The summed E-state index contributed by atoms with van der Waals surface area (Å²) in [4.78, 5) is 11.0. The molecule has 1 rings (SSSR count). The van der Waals surface area contributed by atoms with Crippen LogP contribution in [0.3, 0.4) is 0 Å². The van der Waals surface area contributed by atoms with Crippen molar-refractivity contribution in [2.45, 2.75) is 103 Å². The van der Waals surface area contributed by atoms with Crippen LogP contribution < -0.4 is 0 Å². The zero-order chi connectivity index (χ0) is 18.2. The summed E-state index contributed by atoms with van der Waals surface area (Å²) in [5.41, 5.74) is -0.664. The van der Waals surface area contributed by atoms with Gasteiger partial charge in [0.2, 0.25) is 0 Å². The monoisotopic (exact) mass is 342 g/mol. The molecule has 1 atom stereocenters. The van der Waals surface area contributed by atoms with Gasteiger partial charge in [-0.25, -0.2) is 0 Å². The lowest BCUT2D eigenvalue weighted by Gasteiger charge is -2.32. The first-order valence-corrected chi connectivity index (χ1v) is 9.28. The fraction of sp³-hybridized carbons (Fsp3) is 0.944. The van der Waals surface area contributed by atoms with E-state index in [0.29, 0.717) is 12.7 Å². The van der Waals surface area contributed by atoms with Crippen molar-refractivity contribution in [2.75, 3.05) is 7.11 Å². The summed E-state index contributed by atoms with van der Waals surface area (Å²) in [6.45, 7) is 8.11. The van der Waals surface area contributed by atoms with Crippen molar-refractivity contribution in [2.24, 2.45) is 0 Å². The number of rotatable bonds is 11. The van der Waals surface area contributed by atoms with E-state index in [2.05, 4.69) is 4.74 Å². The van der Waals surface area contributed by atoms with Crippen molar-refractivity contribution < 1.29 is 23.9 Å². The highest BCUT2D eigenvalue weighted by atomic mass is 16.7. The number of aliphatic hydroxyl groups excluding tert-OH is 1. The molecule has 0 spiro atoms. The summed E-state index contributed by atoms with van der Waals surface area (Å²) in [5, 5.41) is 10.2. The maximum Gasteiger partial charge on any atom is 0.460 e. The summed E-state index contributed by atoms with van der Waals surface area (Å²) in [5.74, 6) is -0.124. The van der Waals surface area contributed by atoms with Crippen LogP contribution in [0.15, 0.2) is 0 Å². The van der Waals surface area contributed by atoms with Crippen LogP contribution in [0.1, 0.15) is 79.1 Å². The van der Waals surface area contributed by atoms with Crippen molar-refractivity contribution in [3.8, 4) is 0 Å². The summed E-state index contributed by atoms with van der Waals surface area (Å²) in [6, 6.07) is 0. The molecule has 140 valence electrons. The van der Waals surface area contributed by atoms with Crippen LogP contribution >= 0.6 is 0 Å². The van der Waals surface area contributed by atoms with Gasteiger partial charge in [0.05, 0.1) is 24.4 Å². The number of esters is 1. The topological polar surface area (TPSA) is 65.0 Å². The van der Waals surface area contributed by atoms with E-state index in [0.717, 1.165) is 44.9 Å². The molecule has 1 fully saturated rings. The molecule has 1 heterocycles. The molecular formula is C18H35BO5. The highest BCUT2D eigenvalue weighted by Gasteiger charge is 2.51. The molecule has 24 heavy (non-hydrogen) atoms. The zero-order valence-electron chi connectivity index (χ0n) is 16.1. The lowest BCUT2D eigenvalue weighted by Crippen LogP contribution is -2.41. The van der Waals surface area contributed by atoms with Gasteiger partial charge in [0.25, 0.3) is 0 Å². The molecule has 0 aromatic rings. The molecule has 1 aliphatic heterocycles. The van der Waals surface area contributed by atoms with Crippen LogP contribution in [-0.2, 0) is 18.8 Å². The van der Waals surface area contributed by atoms with Gasteiger partial charge >= 0.3 is 13.1 Å². The predicted octanol–water partition coefficient (Wildman–Crippen LogP) is 3.73. The number of ether oxygens (including phenoxy) is 1. The number of carbonyl (C=O) groups is 1. The van der Waals surface area contributed by atoms with Gasteiger partial charge in [-0.15, -0.1) is 0 Å². The minimum atomic E-state index is -0.376. The van der Waals surface area contributed by atoms with Gasteiger partial charge in [0, 0.05) is 12.7 Å². The summed E-state index contributed by atoms with van der Waals surface area (Å²) in [7, 11) is 1.11. The highest BCUT2D eigenvalue weighted by Crippen LogP contribution is 2.38. The van der Waals surface area contributed by atoms with Gasteiger partial charge in [-0.2, -0.15) is 0 Å². The Morgan fingerprint density at radius 1 is 1.00 bits per heavy atom. The average molecular weight is 342 g/mol. The second-order valence-corrected chi connectivity index (χ2v) is 7.81. The molecule has 1 saturated heterocycles. The first-order valence-electron chi connectivity index (χ1n) is 9.28. The maximum atomic E-state index is 11.0. The Labute approximate surface area is 147 Å². The Balaban J connectivity index is 2.03. The highest BCUT2D eigenvalue weighted by molar-refractivity contribution is 6.45. The molecule has 1 unspecified atom stereocenters. The SMILES string of the molecule is COC(=O)CCCCCCCCC(O)CB1OC(C)(C)C(C)(C)O1. The van der Waals surface area contributed by atoms with Gasteiger partial charge < -0.3 is 19.2 Å². The minimum Gasteiger partial charge on any atom is -0.469 e. The van der Waals surface area contributed by atoms with Gasteiger partial charge in [0.15, 0.2) is 0 Å². The van der Waals surface area contributed by atoms with E-state index in [1.807, 2.05) is 27.7 Å². The number of methoxy groups -OCH3 is 1. The molecule has 0 aromatic carbocycles. The molecule has 5 nitrogen and oxygen atoms in total. The van der Waals surface area contributed by atoms with Gasteiger partial charge in [0.1, 0.15) is 0 Å². The van der Waals surface area contributed by atoms with E-state index in [1.165, 1.54) is 7.11 Å². The Morgan fingerprint density at radius 2 is 1.50 bits per heavy atom. The first kappa shape index (κ1) is 21.5. The second kappa shape index (κ2) is 9.78. The van der Waals surface area contributed by atoms with E-state index >= 15 is 0 Å². The quantitative estimate of drug-likeness (QED) is 0.352. The van der Waals surface area contributed by atoms with Crippen molar-refractivity contribution in [1.29, 1.82) is 0 Å². The number of aliphatic hydroxyl groups is 1.